The minimum Gasteiger partial charge on any atom is -0.481 e. The van der Waals surface area contributed by atoms with Crippen molar-refractivity contribution in [2.75, 3.05) is 0 Å². The van der Waals surface area contributed by atoms with Crippen LogP contribution >= 0.6 is 0 Å². The van der Waals surface area contributed by atoms with Gasteiger partial charge >= 0.3 is 5.97 Å². The Kier molecular flexibility index (Phi) is 3.36. The van der Waals surface area contributed by atoms with E-state index in [-0.39, 0.29) is 17.9 Å². The molecule has 6 heteroatoms. The predicted octanol–water partition coefficient (Wildman–Crippen LogP) is 2.00. The SMILES string of the molecule is CC(CC(=O)O)n1nnnc1C1CCCC1(C)C. The van der Waals surface area contributed by atoms with Gasteiger partial charge in [0.25, 0.3) is 0 Å². The molecule has 1 aromatic rings. The standard InChI is InChI=1S/C12H20N4O2/c1-8(7-10(17)18)16-11(13-14-15-16)9-5-4-6-12(9,2)3/h8-9H,4-7H2,1-3H3,(H,17,18). The summed E-state index contributed by atoms with van der Waals surface area (Å²) >= 11 is 0. The molecule has 0 spiro atoms. The van der Waals surface area contributed by atoms with E-state index in [9.17, 15) is 4.79 Å². The average Bonchev–Trinajstić information content (AvgIpc) is 2.81. The van der Waals surface area contributed by atoms with E-state index >= 15 is 0 Å². The molecule has 1 aromatic heterocycles. The summed E-state index contributed by atoms with van der Waals surface area (Å²) in [5.74, 6) is 0.338. The monoisotopic (exact) mass is 252 g/mol. The highest BCUT2D eigenvalue weighted by atomic mass is 16.4. The molecule has 1 N–H and O–H groups in total. The largest absolute Gasteiger partial charge is 0.481 e. The van der Waals surface area contributed by atoms with Crippen LogP contribution in [0.4, 0.5) is 0 Å². The number of tetrazole rings is 1. The Labute approximate surface area is 106 Å². The van der Waals surface area contributed by atoms with Crippen molar-refractivity contribution in [3.05, 3.63) is 5.82 Å². The molecule has 0 amide bonds. The third-order valence-corrected chi connectivity index (χ3v) is 3.97. The van der Waals surface area contributed by atoms with E-state index in [2.05, 4.69) is 29.4 Å². The number of aromatic nitrogens is 4. The second kappa shape index (κ2) is 4.66. The fraction of sp³-hybridized carbons (Fsp3) is 0.833. The number of hydrogen-bond donors (Lipinski definition) is 1. The molecule has 1 aliphatic rings. The predicted molar refractivity (Wildman–Crippen MR) is 65.2 cm³/mol. The summed E-state index contributed by atoms with van der Waals surface area (Å²) in [5.41, 5.74) is 0.190. The molecule has 2 rings (SSSR count). The number of rotatable bonds is 4. The van der Waals surface area contributed by atoms with Crippen molar-refractivity contribution in [2.24, 2.45) is 5.41 Å². The number of carbonyl (C=O) groups is 1. The fourth-order valence-electron chi connectivity index (χ4n) is 2.89. The number of nitrogens with zero attached hydrogens (tertiary/aromatic N) is 4. The van der Waals surface area contributed by atoms with E-state index in [0.717, 1.165) is 18.7 Å². The van der Waals surface area contributed by atoms with E-state index in [0.29, 0.717) is 5.92 Å². The zero-order chi connectivity index (χ0) is 13.3. The van der Waals surface area contributed by atoms with E-state index in [1.54, 1.807) is 4.68 Å². The van der Waals surface area contributed by atoms with Crippen LogP contribution in [0, 0.1) is 5.41 Å². The van der Waals surface area contributed by atoms with Gasteiger partial charge in [-0.3, -0.25) is 4.79 Å². The lowest BCUT2D eigenvalue weighted by molar-refractivity contribution is -0.137. The highest BCUT2D eigenvalue weighted by Crippen LogP contribution is 2.48. The Morgan fingerprint density at radius 2 is 2.33 bits per heavy atom. The Balaban J connectivity index is 2.25. The molecule has 0 radical (unpaired) electrons. The van der Waals surface area contributed by atoms with Crippen LogP contribution in [-0.2, 0) is 4.79 Å². The highest BCUT2D eigenvalue weighted by Gasteiger charge is 2.39. The van der Waals surface area contributed by atoms with Crippen LogP contribution in [0.3, 0.4) is 0 Å². The van der Waals surface area contributed by atoms with Gasteiger partial charge in [0.15, 0.2) is 5.82 Å². The second-order valence-electron chi connectivity index (χ2n) is 5.86. The molecule has 2 unspecified atom stereocenters. The first-order valence-corrected chi connectivity index (χ1v) is 6.41. The lowest BCUT2D eigenvalue weighted by Gasteiger charge is -2.26. The van der Waals surface area contributed by atoms with E-state index in [1.807, 2.05) is 6.92 Å². The van der Waals surface area contributed by atoms with Crippen molar-refractivity contribution < 1.29 is 9.90 Å². The molecular formula is C12H20N4O2. The summed E-state index contributed by atoms with van der Waals surface area (Å²) in [7, 11) is 0. The summed E-state index contributed by atoms with van der Waals surface area (Å²) in [4.78, 5) is 10.8. The quantitative estimate of drug-likeness (QED) is 0.886. The number of carboxylic acids is 1. The Hall–Kier alpha value is -1.46. The number of hydrogen-bond acceptors (Lipinski definition) is 4. The van der Waals surface area contributed by atoms with Crippen LogP contribution in [0.5, 0.6) is 0 Å². The molecule has 1 heterocycles. The van der Waals surface area contributed by atoms with Crippen LogP contribution in [0.25, 0.3) is 0 Å². The number of carboxylic acid groups (broad SMARTS) is 1. The van der Waals surface area contributed by atoms with E-state index < -0.39 is 5.97 Å². The van der Waals surface area contributed by atoms with Crippen molar-refractivity contribution in [3.63, 3.8) is 0 Å². The van der Waals surface area contributed by atoms with Gasteiger partial charge in [-0.15, -0.1) is 5.10 Å². The zero-order valence-corrected chi connectivity index (χ0v) is 11.1. The van der Waals surface area contributed by atoms with Gasteiger partial charge in [0.1, 0.15) is 0 Å². The van der Waals surface area contributed by atoms with E-state index in [1.165, 1.54) is 6.42 Å². The summed E-state index contributed by atoms with van der Waals surface area (Å²) in [6.45, 7) is 6.30. The third kappa shape index (κ3) is 2.37. The molecule has 2 atom stereocenters. The fourth-order valence-corrected chi connectivity index (χ4v) is 2.89. The highest BCUT2D eigenvalue weighted by molar-refractivity contribution is 5.67. The first kappa shape index (κ1) is 13.0. The molecule has 1 aliphatic carbocycles. The molecule has 0 aliphatic heterocycles. The lowest BCUT2D eigenvalue weighted by atomic mass is 9.81. The van der Waals surface area contributed by atoms with Crippen molar-refractivity contribution in [1.82, 2.24) is 20.2 Å². The van der Waals surface area contributed by atoms with Crippen molar-refractivity contribution in [2.45, 2.75) is 58.4 Å². The van der Waals surface area contributed by atoms with Gasteiger partial charge in [0.2, 0.25) is 0 Å². The van der Waals surface area contributed by atoms with Gasteiger partial charge in [-0.05, 0) is 35.6 Å². The molecular weight excluding hydrogens is 232 g/mol. The maximum Gasteiger partial charge on any atom is 0.305 e. The first-order valence-electron chi connectivity index (χ1n) is 6.41. The Morgan fingerprint density at radius 3 is 2.89 bits per heavy atom. The van der Waals surface area contributed by atoms with Gasteiger partial charge < -0.3 is 5.11 Å². The van der Waals surface area contributed by atoms with Crippen LogP contribution in [-0.4, -0.2) is 31.3 Å². The van der Waals surface area contributed by atoms with Crippen molar-refractivity contribution in [1.29, 1.82) is 0 Å². The molecule has 100 valence electrons. The average molecular weight is 252 g/mol. The number of aliphatic carboxylic acids is 1. The molecule has 6 nitrogen and oxygen atoms in total. The topological polar surface area (TPSA) is 80.9 Å². The van der Waals surface area contributed by atoms with Crippen LogP contribution in [0.1, 0.15) is 64.2 Å². The van der Waals surface area contributed by atoms with Crippen LogP contribution in [0.2, 0.25) is 0 Å². The molecule has 1 saturated carbocycles. The van der Waals surface area contributed by atoms with Crippen molar-refractivity contribution >= 4 is 5.97 Å². The van der Waals surface area contributed by atoms with Gasteiger partial charge in [-0.1, -0.05) is 20.3 Å². The van der Waals surface area contributed by atoms with Gasteiger partial charge in [0.05, 0.1) is 12.5 Å². The van der Waals surface area contributed by atoms with Crippen molar-refractivity contribution in [3.8, 4) is 0 Å². The minimum atomic E-state index is -0.824. The molecule has 18 heavy (non-hydrogen) atoms. The van der Waals surface area contributed by atoms with Crippen LogP contribution in [0.15, 0.2) is 0 Å². The van der Waals surface area contributed by atoms with Gasteiger partial charge in [-0.25, -0.2) is 4.68 Å². The molecule has 0 aromatic carbocycles. The smallest absolute Gasteiger partial charge is 0.305 e. The molecule has 1 fully saturated rings. The Morgan fingerprint density at radius 1 is 1.61 bits per heavy atom. The normalized spacial score (nSPS) is 24.1. The first-order chi connectivity index (χ1) is 8.42. The Bertz CT molecular complexity index is 441. The maximum atomic E-state index is 10.8. The van der Waals surface area contributed by atoms with E-state index in [4.69, 9.17) is 5.11 Å². The minimum absolute atomic E-state index is 0.0468. The lowest BCUT2D eigenvalue weighted by Crippen LogP contribution is -2.22. The van der Waals surface area contributed by atoms with Crippen LogP contribution < -0.4 is 0 Å². The van der Waals surface area contributed by atoms with Gasteiger partial charge in [-0.2, -0.15) is 0 Å². The second-order valence-corrected chi connectivity index (χ2v) is 5.86. The summed E-state index contributed by atoms with van der Waals surface area (Å²) in [6.07, 6.45) is 3.47. The molecule has 0 saturated heterocycles. The zero-order valence-electron chi connectivity index (χ0n) is 11.1. The summed E-state index contributed by atoms with van der Waals surface area (Å²) < 4.78 is 1.69. The summed E-state index contributed by atoms with van der Waals surface area (Å²) in [6, 6.07) is -0.205. The maximum absolute atomic E-state index is 10.8. The van der Waals surface area contributed by atoms with Gasteiger partial charge in [0, 0.05) is 5.92 Å². The summed E-state index contributed by atoms with van der Waals surface area (Å²) in [5, 5.41) is 20.7. The third-order valence-electron chi connectivity index (χ3n) is 3.97. The molecule has 0 bridgehead atoms.